The molecule has 4 heteroatoms. The molecule has 2 N–H and O–H groups in total. The average molecular weight is 297 g/mol. The van der Waals surface area contributed by atoms with Crippen LogP contribution < -0.4 is 5.73 Å². The molecule has 112 valence electrons. The molecule has 0 aliphatic carbocycles. The van der Waals surface area contributed by atoms with Crippen molar-refractivity contribution in [3.8, 4) is 0 Å². The van der Waals surface area contributed by atoms with E-state index in [4.69, 9.17) is 5.73 Å². The summed E-state index contributed by atoms with van der Waals surface area (Å²) in [6.07, 6.45) is 0. The Morgan fingerprint density at radius 3 is 2.50 bits per heavy atom. The van der Waals surface area contributed by atoms with E-state index in [1.54, 1.807) is 0 Å². The Balaban J connectivity index is 0.00000200. The summed E-state index contributed by atoms with van der Waals surface area (Å²) >= 11 is 0. The highest BCUT2D eigenvalue weighted by atomic mass is 35.5. The summed E-state index contributed by atoms with van der Waals surface area (Å²) in [5.41, 5.74) is 8.58. The van der Waals surface area contributed by atoms with Gasteiger partial charge in [-0.05, 0) is 17.0 Å². The molecule has 0 fully saturated rings. The third-order valence-corrected chi connectivity index (χ3v) is 4.01. The normalized spacial score (nSPS) is 18.2. The van der Waals surface area contributed by atoms with Gasteiger partial charge in [0.1, 0.15) is 0 Å². The Morgan fingerprint density at radius 1 is 1.30 bits per heavy atom. The zero-order chi connectivity index (χ0) is 14.2. The first-order chi connectivity index (χ1) is 8.83. The molecule has 1 aliphatic heterocycles. The van der Waals surface area contributed by atoms with Crippen LogP contribution in [-0.2, 0) is 16.8 Å². The van der Waals surface area contributed by atoms with Crippen molar-refractivity contribution in [1.82, 2.24) is 4.90 Å². The minimum atomic E-state index is -0.402. The minimum absolute atomic E-state index is 0. The lowest BCUT2D eigenvalue weighted by atomic mass is 9.78. The number of fused-ring (bicyclic) bond motifs is 1. The first-order valence-corrected chi connectivity index (χ1v) is 6.95. The molecule has 1 aromatic rings. The van der Waals surface area contributed by atoms with Crippen molar-refractivity contribution in [3.05, 3.63) is 35.4 Å². The van der Waals surface area contributed by atoms with Crippen molar-refractivity contribution in [2.24, 2.45) is 11.7 Å². The average Bonchev–Trinajstić information content (AvgIpc) is 2.36. The van der Waals surface area contributed by atoms with Gasteiger partial charge in [0.05, 0.1) is 6.04 Å². The second-order valence-electron chi connectivity index (χ2n) is 6.51. The van der Waals surface area contributed by atoms with Gasteiger partial charge in [0.15, 0.2) is 0 Å². The van der Waals surface area contributed by atoms with E-state index in [9.17, 15) is 4.79 Å². The minimum Gasteiger partial charge on any atom is -0.336 e. The van der Waals surface area contributed by atoms with E-state index in [0.717, 1.165) is 6.54 Å². The van der Waals surface area contributed by atoms with Crippen LogP contribution in [0.25, 0.3) is 0 Å². The first kappa shape index (κ1) is 17.0. The quantitative estimate of drug-likeness (QED) is 0.912. The van der Waals surface area contributed by atoms with E-state index in [1.807, 2.05) is 24.8 Å². The molecule has 0 saturated heterocycles. The van der Waals surface area contributed by atoms with E-state index in [1.165, 1.54) is 11.1 Å². The third kappa shape index (κ3) is 3.15. The number of nitrogens with zero attached hydrogens (tertiary/aromatic N) is 1. The standard InChI is InChI=1S/C16H24N2O.ClH/c1-11(2)14(17)15(19)18-9-12-7-5-6-8-13(12)16(3,4)10-18;/h5-8,11,14H,9-10,17H2,1-4H3;1H/t14-;/m0./s1. The topological polar surface area (TPSA) is 46.3 Å². The van der Waals surface area contributed by atoms with Crippen molar-refractivity contribution in [2.45, 2.75) is 45.7 Å². The van der Waals surface area contributed by atoms with Crippen LogP contribution in [0, 0.1) is 5.92 Å². The molecule has 0 bridgehead atoms. The Kier molecular flexibility index (Phi) is 5.22. The number of halogens is 1. The Morgan fingerprint density at radius 2 is 1.90 bits per heavy atom. The van der Waals surface area contributed by atoms with Crippen LogP contribution in [0.3, 0.4) is 0 Å². The summed E-state index contributed by atoms with van der Waals surface area (Å²) in [5.74, 6) is 0.241. The molecule has 1 aliphatic rings. The fraction of sp³-hybridized carbons (Fsp3) is 0.562. The lowest BCUT2D eigenvalue weighted by Crippen LogP contribution is -2.52. The van der Waals surface area contributed by atoms with Gasteiger partial charge in [-0.15, -0.1) is 12.4 Å². The number of amides is 1. The summed E-state index contributed by atoms with van der Waals surface area (Å²) < 4.78 is 0. The Labute approximate surface area is 127 Å². The van der Waals surface area contributed by atoms with Crippen molar-refractivity contribution in [1.29, 1.82) is 0 Å². The maximum absolute atomic E-state index is 12.4. The van der Waals surface area contributed by atoms with Gasteiger partial charge in [-0.3, -0.25) is 4.79 Å². The van der Waals surface area contributed by atoms with Gasteiger partial charge in [-0.25, -0.2) is 0 Å². The zero-order valence-corrected chi connectivity index (χ0v) is 13.5. The molecule has 1 atom stereocenters. The number of carbonyl (C=O) groups is 1. The number of hydrogen-bond donors (Lipinski definition) is 1. The van der Waals surface area contributed by atoms with Crippen LogP contribution in [0.4, 0.5) is 0 Å². The fourth-order valence-corrected chi connectivity index (χ4v) is 2.79. The maximum atomic E-state index is 12.4. The van der Waals surface area contributed by atoms with Crippen molar-refractivity contribution >= 4 is 18.3 Å². The van der Waals surface area contributed by atoms with Gasteiger partial charge >= 0.3 is 0 Å². The van der Waals surface area contributed by atoms with Crippen LogP contribution >= 0.6 is 12.4 Å². The summed E-state index contributed by atoms with van der Waals surface area (Å²) in [5, 5.41) is 0. The summed E-state index contributed by atoms with van der Waals surface area (Å²) in [4.78, 5) is 14.3. The second kappa shape index (κ2) is 6.15. The lowest BCUT2D eigenvalue weighted by Gasteiger charge is -2.41. The molecule has 0 aromatic heterocycles. The van der Waals surface area contributed by atoms with Crippen LogP contribution in [0.2, 0.25) is 0 Å². The molecule has 1 aromatic carbocycles. The highest BCUT2D eigenvalue weighted by Gasteiger charge is 2.35. The molecule has 1 amide bonds. The van der Waals surface area contributed by atoms with Crippen molar-refractivity contribution in [2.75, 3.05) is 6.54 Å². The summed E-state index contributed by atoms with van der Waals surface area (Å²) in [7, 11) is 0. The number of benzene rings is 1. The van der Waals surface area contributed by atoms with E-state index < -0.39 is 6.04 Å². The van der Waals surface area contributed by atoms with Gasteiger partial charge < -0.3 is 10.6 Å². The van der Waals surface area contributed by atoms with Crippen molar-refractivity contribution in [3.63, 3.8) is 0 Å². The summed E-state index contributed by atoms with van der Waals surface area (Å²) in [6, 6.07) is 7.97. The van der Waals surface area contributed by atoms with E-state index in [0.29, 0.717) is 6.54 Å². The molecule has 0 spiro atoms. The Hall–Kier alpha value is -1.06. The molecule has 20 heavy (non-hydrogen) atoms. The van der Waals surface area contributed by atoms with Crippen LogP contribution in [0.5, 0.6) is 0 Å². The molecule has 3 nitrogen and oxygen atoms in total. The molecule has 2 rings (SSSR count). The van der Waals surface area contributed by atoms with E-state index in [-0.39, 0.29) is 29.6 Å². The highest BCUT2D eigenvalue weighted by molar-refractivity contribution is 5.85. The second-order valence-corrected chi connectivity index (χ2v) is 6.51. The smallest absolute Gasteiger partial charge is 0.240 e. The summed E-state index contributed by atoms with van der Waals surface area (Å²) in [6.45, 7) is 9.78. The Bertz CT molecular complexity index is 485. The molecule has 0 saturated carbocycles. The van der Waals surface area contributed by atoms with Gasteiger partial charge in [-0.1, -0.05) is 52.0 Å². The van der Waals surface area contributed by atoms with Gasteiger partial charge in [-0.2, -0.15) is 0 Å². The van der Waals surface area contributed by atoms with Gasteiger partial charge in [0.2, 0.25) is 5.91 Å². The molecular formula is C16H25ClN2O. The largest absolute Gasteiger partial charge is 0.336 e. The van der Waals surface area contributed by atoms with Gasteiger partial charge in [0.25, 0.3) is 0 Å². The molecule has 0 unspecified atom stereocenters. The zero-order valence-electron chi connectivity index (χ0n) is 12.7. The molecule has 0 radical (unpaired) electrons. The lowest BCUT2D eigenvalue weighted by molar-refractivity contribution is -0.135. The van der Waals surface area contributed by atoms with E-state index in [2.05, 4.69) is 32.0 Å². The predicted octanol–water partition coefficient (Wildman–Crippen LogP) is 2.71. The first-order valence-electron chi connectivity index (χ1n) is 6.95. The van der Waals surface area contributed by atoms with Crippen LogP contribution in [-0.4, -0.2) is 23.4 Å². The monoisotopic (exact) mass is 296 g/mol. The molecule has 1 heterocycles. The fourth-order valence-electron chi connectivity index (χ4n) is 2.79. The number of hydrogen-bond acceptors (Lipinski definition) is 2. The van der Waals surface area contributed by atoms with Crippen LogP contribution in [0.15, 0.2) is 24.3 Å². The number of nitrogens with two attached hydrogens (primary N) is 1. The molecular weight excluding hydrogens is 272 g/mol. The number of rotatable bonds is 2. The SMILES string of the molecule is CC(C)[C@H](N)C(=O)N1Cc2ccccc2C(C)(C)C1.Cl. The number of carbonyl (C=O) groups excluding carboxylic acids is 1. The maximum Gasteiger partial charge on any atom is 0.240 e. The third-order valence-electron chi connectivity index (χ3n) is 4.01. The van der Waals surface area contributed by atoms with E-state index >= 15 is 0 Å². The van der Waals surface area contributed by atoms with Crippen molar-refractivity contribution < 1.29 is 4.79 Å². The van der Waals surface area contributed by atoms with Crippen LogP contribution in [0.1, 0.15) is 38.8 Å². The van der Waals surface area contributed by atoms with Gasteiger partial charge in [0, 0.05) is 18.5 Å². The highest BCUT2D eigenvalue weighted by Crippen LogP contribution is 2.33. The predicted molar refractivity (Wildman–Crippen MR) is 84.9 cm³/mol.